The molecular weight excluding hydrogens is 458 g/mol. The van der Waals surface area contributed by atoms with Crippen molar-refractivity contribution in [2.75, 3.05) is 19.6 Å². The van der Waals surface area contributed by atoms with Crippen LogP contribution in [0.5, 0.6) is 0 Å². The third-order valence-corrected chi connectivity index (χ3v) is 3.68. The number of nitrogens with zero attached hydrogens (tertiary/aromatic N) is 1. The molecule has 0 unspecified atom stereocenters. The van der Waals surface area contributed by atoms with Crippen LogP contribution in [0.4, 0.5) is 4.39 Å². The van der Waals surface area contributed by atoms with Crippen molar-refractivity contribution >= 4 is 35.8 Å². The molecule has 0 spiro atoms. The van der Waals surface area contributed by atoms with Gasteiger partial charge in [-0.25, -0.2) is 9.38 Å². The summed E-state index contributed by atoms with van der Waals surface area (Å²) in [6.45, 7) is 3.85. The number of halogens is 2. The minimum Gasteiger partial charge on any atom is -0.357 e. The van der Waals surface area contributed by atoms with Gasteiger partial charge in [0.15, 0.2) is 5.96 Å². The second-order valence-electron chi connectivity index (χ2n) is 5.76. The highest BCUT2D eigenvalue weighted by atomic mass is 127. The van der Waals surface area contributed by atoms with Crippen molar-refractivity contribution in [2.24, 2.45) is 4.99 Å². The summed E-state index contributed by atoms with van der Waals surface area (Å²) in [6.07, 6.45) is 0.741. The molecule has 0 saturated heterocycles. The van der Waals surface area contributed by atoms with E-state index in [0.29, 0.717) is 25.6 Å². The molecule has 0 atom stereocenters. The predicted molar refractivity (Wildman–Crippen MR) is 118 cm³/mol. The van der Waals surface area contributed by atoms with Crippen molar-refractivity contribution < 1.29 is 9.18 Å². The number of guanidine groups is 1. The summed E-state index contributed by atoms with van der Waals surface area (Å²) in [5.41, 5.74) is 2.09. The van der Waals surface area contributed by atoms with E-state index in [-0.39, 0.29) is 42.2 Å². The Labute approximate surface area is 176 Å². The Kier molecular flexibility index (Phi) is 11.1. The van der Waals surface area contributed by atoms with E-state index in [1.165, 1.54) is 12.1 Å². The van der Waals surface area contributed by atoms with Gasteiger partial charge in [-0.2, -0.15) is 0 Å². The van der Waals surface area contributed by atoms with Crippen LogP contribution < -0.4 is 16.0 Å². The Balaban J connectivity index is 0.00000364. The second-order valence-corrected chi connectivity index (χ2v) is 5.76. The van der Waals surface area contributed by atoms with Gasteiger partial charge in [-0.3, -0.25) is 4.79 Å². The number of carbonyl (C=O) groups excluding carboxylic acids is 1. The molecule has 146 valence electrons. The lowest BCUT2D eigenvalue weighted by molar-refractivity contribution is -0.119. The summed E-state index contributed by atoms with van der Waals surface area (Å²) in [6, 6.07) is 16.2. The molecule has 0 aromatic heterocycles. The molecule has 0 saturated carbocycles. The van der Waals surface area contributed by atoms with Crippen LogP contribution in [0.3, 0.4) is 0 Å². The molecule has 0 aliphatic carbocycles. The Morgan fingerprint density at radius 2 is 1.67 bits per heavy atom. The highest BCUT2D eigenvalue weighted by molar-refractivity contribution is 14.0. The molecule has 0 aliphatic heterocycles. The first-order valence-electron chi connectivity index (χ1n) is 8.74. The van der Waals surface area contributed by atoms with Crippen molar-refractivity contribution in [3.63, 3.8) is 0 Å². The molecule has 7 heteroatoms. The molecule has 2 aromatic carbocycles. The smallest absolute Gasteiger partial charge is 0.242 e. The zero-order valence-electron chi connectivity index (χ0n) is 15.4. The first kappa shape index (κ1) is 22.9. The van der Waals surface area contributed by atoms with Crippen LogP contribution in [-0.2, 0) is 17.8 Å². The molecule has 3 N–H and O–H groups in total. The topological polar surface area (TPSA) is 65.5 Å². The van der Waals surface area contributed by atoms with Crippen molar-refractivity contribution in [1.29, 1.82) is 0 Å². The van der Waals surface area contributed by atoms with E-state index in [2.05, 4.69) is 20.9 Å². The highest BCUT2D eigenvalue weighted by Gasteiger charge is 2.03. The van der Waals surface area contributed by atoms with E-state index in [9.17, 15) is 9.18 Å². The van der Waals surface area contributed by atoms with Crippen molar-refractivity contribution in [3.8, 4) is 0 Å². The van der Waals surface area contributed by atoms with Crippen LogP contribution in [0.15, 0.2) is 59.6 Å². The number of nitrogens with one attached hydrogen (secondary N) is 3. The number of rotatable bonds is 8. The van der Waals surface area contributed by atoms with E-state index < -0.39 is 0 Å². The van der Waals surface area contributed by atoms with Gasteiger partial charge in [-0.05, 0) is 36.6 Å². The van der Waals surface area contributed by atoms with Crippen LogP contribution >= 0.6 is 24.0 Å². The second kappa shape index (κ2) is 13.1. The Morgan fingerprint density at radius 3 is 2.33 bits per heavy atom. The largest absolute Gasteiger partial charge is 0.357 e. The summed E-state index contributed by atoms with van der Waals surface area (Å²) in [5.74, 6) is 0.215. The number of carbonyl (C=O) groups is 1. The van der Waals surface area contributed by atoms with Crippen LogP contribution in [0.25, 0.3) is 0 Å². The van der Waals surface area contributed by atoms with Gasteiger partial charge < -0.3 is 16.0 Å². The van der Waals surface area contributed by atoms with Gasteiger partial charge in [0.1, 0.15) is 12.4 Å². The van der Waals surface area contributed by atoms with Gasteiger partial charge in [0.2, 0.25) is 5.91 Å². The summed E-state index contributed by atoms with van der Waals surface area (Å²) in [4.78, 5) is 16.2. The van der Waals surface area contributed by atoms with E-state index in [4.69, 9.17) is 0 Å². The van der Waals surface area contributed by atoms with Gasteiger partial charge in [-0.15, -0.1) is 24.0 Å². The molecule has 2 rings (SSSR count). The van der Waals surface area contributed by atoms with Crippen molar-refractivity contribution in [1.82, 2.24) is 16.0 Å². The maximum atomic E-state index is 12.9. The minimum atomic E-state index is -0.238. The molecule has 0 aliphatic rings. The Hall–Kier alpha value is -2.16. The average Bonchev–Trinajstić information content (AvgIpc) is 2.67. The normalized spacial score (nSPS) is 10.7. The molecular formula is C20H26FIN4O. The summed E-state index contributed by atoms with van der Waals surface area (Å²) in [5, 5.41) is 9.13. The van der Waals surface area contributed by atoms with Crippen molar-refractivity contribution in [3.05, 3.63) is 71.5 Å². The lowest BCUT2D eigenvalue weighted by Gasteiger charge is -2.11. The van der Waals surface area contributed by atoms with Crippen molar-refractivity contribution in [2.45, 2.75) is 19.9 Å². The number of benzene rings is 2. The van der Waals surface area contributed by atoms with Crippen LogP contribution in [-0.4, -0.2) is 31.5 Å². The zero-order chi connectivity index (χ0) is 18.6. The zero-order valence-corrected chi connectivity index (χ0v) is 17.7. The molecule has 5 nitrogen and oxygen atoms in total. The van der Waals surface area contributed by atoms with E-state index in [1.807, 2.05) is 37.3 Å². The van der Waals surface area contributed by atoms with E-state index in [1.54, 1.807) is 12.1 Å². The standard InChI is InChI=1S/C20H25FN4O.HI/c1-2-22-20(23-13-12-16-8-10-18(21)11-9-16)25-15-19(26)24-14-17-6-4-3-5-7-17;/h3-11H,2,12-15H2,1H3,(H,24,26)(H2,22,23,25);1H. The molecule has 1 amide bonds. The third kappa shape index (κ3) is 9.37. The minimum absolute atomic E-state index is 0. The Bertz CT molecular complexity index is 708. The fraction of sp³-hybridized carbons (Fsp3) is 0.300. The van der Waals surface area contributed by atoms with Crippen LogP contribution in [0.1, 0.15) is 18.1 Å². The molecule has 2 aromatic rings. The Morgan fingerprint density at radius 1 is 0.963 bits per heavy atom. The maximum Gasteiger partial charge on any atom is 0.242 e. The van der Waals surface area contributed by atoms with E-state index >= 15 is 0 Å². The van der Waals surface area contributed by atoms with Gasteiger partial charge in [-0.1, -0.05) is 42.5 Å². The average molecular weight is 484 g/mol. The SMILES string of the molecule is CCNC(=NCC(=O)NCc1ccccc1)NCCc1ccc(F)cc1.I. The molecule has 0 radical (unpaired) electrons. The van der Waals surface area contributed by atoms with Gasteiger partial charge in [0.05, 0.1) is 0 Å². The fourth-order valence-corrected chi connectivity index (χ4v) is 2.32. The van der Waals surface area contributed by atoms with Gasteiger partial charge in [0, 0.05) is 19.6 Å². The number of hydrogen-bond donors (Lipinski definition) is 3. The van der Waals surface area contributed by atoms with Crippen LogP contribution in [0, 0.1) is 5.82 Å². The predicted octanol–water partition coefficient (Wildman–Crippen LogP) is 2.86. The fourth-order valence-electron chi connectivity index (χ4n) is 2.32. The summed E-state index contributed by atoms with van der Waals surface area (Å²) < 4.78 is 12.9. The van der Waals surface area contributed by atoms with E-state index in [0.717, 1.165) is 17.5 Å². The monoisotopic (exact) mass is 484 g/mol. The first-order chi connectivity index (χ1) is 12.7. The first-order valence-corrected chi connectivity index (χ1v) is 8.74. The third-order valence-electron chi connectivity index (χ3n) is 3.68. The number of amides is 1. The molecule has 27 heavy (non-hydrogen) atoms. The molecule has 0 fully saturated rings. The highest BCUT2D eigenvalue weighted by Crippen LogP contribution is 2.02. The number of hydrogen-bond acceptors (Lipinski definition) is 2. The quantitative estimate of drug-likeness (QED) is 0.307. The maximum absolute atomic E-state index is 12.9. The van der Waals surface area contributed by atoms with Gasteiger partial charge >= 0.3 is 0 Å². The van der Waals surface area contributed by atoms with Gasteiger partial charge in [0.25, 0.3) is 0 Å². The lowest BCUT2D eigenvalue weighted by atomic mass is 10.1. The summed E-state index contributed by atoms with van der Waals surface area (Å²) >= 11 is 0. The molecule has 0 bridgehead atoms. The van der Waals surface area contributed by atoms with Crippen LogP contribution in [0.2, 0.25) is 0 Å². The number of aliphatic imine (C=N–C) groups is 1. The lowest BCUT2D eigenvalue weighted by Crippen LogP contribution is -2.39. The molecule has 0 heterocycles. The summed E-state index contributed by atoms with van der Waals surface area (Å²) in [7, 11) is 0.